The Kier molecular flexibility index (Phi) is 23.5. The monoisotopic (exact) mass is 1050 g/mol. The molecule has 2 aromatic carbocycles. The van der Waals surface area contributed by atoms with Gasteiger partial charge in [-0.05, 0) is 104 Å². The molecule has 4 N–H and O–H groups in total. The zero-order valence-corrected chi connectivity index (χ0v) is 42.6. The molecule has 0 saturated carbocycles. The highest BCUT2D eigenvalue weighted by Crippen LogP contribution is 2.27. The van der Waals surface area contributed by atoms with Crippen molar-refractivity contribution >= 4 is 35.4 Å². The number of likely N-dealkylation sites (tertiary alicyclic amines) is 2. The maximum Gasteiger partial charge on any atom is 0.471 e. The summed E-state index contributed by atoms with van der Waals surface area (Å²) in [6.07, 6.45) is -7.72. The number of rotatable bonds is 24. The van der Waals surface area contributed by atoms with E-state index in [9.17, 15) is 55.1 Å². The number of carbonyl (C=O) groups excluding carboxylic acids is 6. The van der Waals surface area contributed by atoms with Gasteiger partial charge >= 0.3 is 24.2 Å². The molecule has 0 bridgehead atoms. The highest BCUT2D eigenvalue weighted by atomic mass is 19.4. The van der Waals surface area contributed by atoms with Crippen LogP contribution in [0.4, 0.5) is 26.3 Å². The normalized spacial score (nSPS) is 18.0. The highest BCUT2D eigenvalue weighted by Gasteiger charge is 2.46. The molecule has 2 fully saturated rings. The smallest absolute Gasteiger partial charge is 0.440 e. The lowest BCUT2D eigenvalue weighted by Gasteiger charge is -2.35. The Morgan fingerprint density at radius 3 is 1.55 bits per heavy atom. The van der Waals surface area contributed by atoms with Crippen LogP contribution in [-0.2, 0) is 51.1 Å². The molecule has 16 nitrogen and oxygen atoms in total. The molecule has 4 rings (SSSR count). The van der Waals surface area contributed by atoms with E-state index < -0.39 is 96.3 Å². The Balaban J connectivity index is 1.44. The predicted molar refractivity (Wildman–Crippen MR) is 262 cm³/mol. The van der Waals surface area contributed by atoms with Crippen LogP contribution in [0.2, 0.25) is 0 Å². The average molecular weight is 1050 g/mol. The van der Waals surface area contributed by atoms with Crippen LogP contribution in [0.25, 0.3) is 0 Å². The third-order valence-electron chi connectivity index (χ3n) is 13.1. The summed E-state index contributed by atoms with van der Waals surface area (Å²) in [6, 6.07) is 12.1. The lowest BCUT2D eigenvalue weighted by atomic mass is 10.1. The molecule has 8 atom stereocenters. The molecule has 6 amide bonds. The molecular formula is C52H68F6N8O8. The first kappa shape index (κ1) is 60.2. The van der Waals surface area contributed by atoms with Crippen molar-refractivity contribution in [1.82, 2.24) is 40.9 Å². The van der Waals surface area contributed by atoms with Crippen molar-refractivity contribution in [1.29, 1.82) is 0 Å². The molecular weight excluding hydrogens is 979 g/mol. The van der Waals surface area contributed by atoms with Crippen LogP contribution in [0.3, 0.4) is 0 Å². The van der Waals surface area contributed by atoms with E-state index in [0.717, 1.165) is 16.0 Å². The van der Waals surface area contributed by atoms with Gasteiger partial charge < -0.3 is 50.3 Å². The van der Waals surface area contributed by atoms with Gasteiger partial charge in [-0.2, -0.15) is 26.3 Å². The van der Waals surface area contributed by atoms with Crippen LogP contribution in [-0.4, -0.2) is 176 Å². The van der Waals surface area contributed by atoms with Gasteiger partial charge in [-0.1, -0.05) is 66.6 Å². The number of aryl methyl sites for hydroxylation is 1. The lowest BCUT2D eigenvalue weighted by molar-refractivity contribution is -0.186. The van der Waals surface area contributed by atoms with E-state index in [-0.39, 0.29) is 58.7 Å². The van der Waals surface area contributed by atoms with E-state index in [0.29, 0.717) is 37.0 Å². The van der Waals surface area contributed by atoms with Gasteiger partial charge in [0, 0.05) is 57.3 Å². The van der Waals surface area contributed by atoms with Gasteiger partial charge in [-0.15, -0.1) is 0 Å². The number of hydrogen-bond acceptors (Lipinski definition) is 10. The summed E-state index contributed by atoms with van der Waals surface area (Å²) in [5.74, 6) is 1.22. The van der Waals surface area contributed by atoms with E-state index in [1.54, 1.807) is 51.2 Å². The number of carbonyl (C=O) groups is 6. The molecule has 2 aromatic rings. The number of ether oxygens (including phenoxy) is 2. The number of amides is 6. The molecule has 2 aliphatic rings. The Morgan fingerprint density at radius 2 is 1.09 bits per heavy atom. The minimum Gasteiger partial charge on any atom is -0.440 e. The molecule has 2 heterocycles. The molecule has 2 aliphatic heterocycles. The number of benzene rings is 2. The second-order valence-corrected chi connectivity index (χ2v) is 18.3. The summed E-state index contributed by atoms with van der Waals surface area (Å²) in [7, 11) is 3.08. The number of hydrogen-bond donors (Lipinski definition) is 4. The van der Waals surface area contributed by atoms with Crippen LogP contribution < -0.4 is 21.3 Å². The second-order valence-electron chi connectivity index (χ2n) is 18.3. The van der Waals surface area contributed by atoms with Gasteiger partial charge in [0.25, 0.3) is 0 Å². The number of nitrogens with zero attached hydrogens (tertiary/aromatic N) is 4. The maximum atomic E-state index is 14.2. The molecule has 0 aliphatic carbocycles. The minimum absolute atomic E-state index is 0.151. The van der Waals surface area contributed by atoms with E-state index in [1.807, 2.05) is 30.3 Å². The van der Waals surface area contributed by atoms with Crippen molar-refractivity contribution in [2.45, 2.75) is 133 Å². The fourth-order valence-electron chi connectivity index (χ4n) is 8.58. The van der Waals surface area contributed by atoms with Gasteiger partial charge in [0.2, 0.25) is 23.6 Å². The summed E-state index contributed by atoms with van der Waals surface area (Å²) in [6.45, 7) is 4.88. The Morgan fingerprint density at radius 1 is 0.649 bits per heavy atom. The van der Waals surface area contributed by atoms with E-state index in [2.05, 4.69) is 45.1 Å². The van der Waals surface area contributed by atoms with Crippen molar-refractivity contribution in [3.05, 3.63) is 71.8 Å². The van der Waals surface area contributed by atoms with Crippen molar-refractivity contribution in [3.63, 3.8) is 0 Å². The lowest BCUT2D eigenvalue weighted by Crippen LogP contribution is -2.59. The molecule has 22 heteroatoms. The van der Waals surface area contributed by atoms with Crippen LogP contribution >= 0.6 is 0 Å². The fourth-order valence-corrected chi connectivity index (χ4v) is 8.58. The zero-order valence-electron chi connectivity index (χ0n) is 42.6. The van der Waals surface area contributed by atoms with Crippen LogP contribution in [0, 0.1) is 23.9 Å². The quantitative estimate of drug-likeness (QED) is 0.0897. The van der Waals surface area contributed by atoms with Crippen molar-refractivity contribution in [2.75, 3.05) is 60.0 Å². The SMILES string of the molecule is CN[C@@H](C)C(=O)N[C@H](C(=O)N1CCC[C@H]1CN(CCCc1ccccc1)C(=O)C(F)(F)F)[C@@H](C)OC#CC#CCO[C@H](C)[C@H](NC(=O)[C@H](C)NC)C(=O)N1CCC[C@H]1CN(CCc1ccccc1)C(=O)C(F)(F)F. The first-order valence-corrected chi connectivity index (χ1v) is 24.7. The second kappa shape index (κ2) is 28.9. The Hall–Kier alpha value is -6.36. The van der Waals surface area contributed by atoms with Crippen molar-refractivity contribution in [3.8, 4) is 23.9 Å². The zero-order chi connectivity index (χ0) is 54.6. The number of likely N-dealkylation sites (N-methyl/N-ethyl adjacent to an activating group) is 2. The summed E-state index contributed by atoms with van der Waals surface area (Å²) < 4.78 is 94.4. The average Bonchev–Trinajstić information content (AvgIpc) is 4.06. The third-order valence-corrected chi connectivity index (χ3v) is 13.1. The largest absolute Gasteiger partial charge is 0.471 e. The highest BCUT2D eigenvalue weighted by molar-refractivity contribution is 5.91. The summed E-state index contributed by atoms with van der Waals surface area (Å²) in [4.78, 5) is 84.1. The number of alkyl halides is 6. The van der Waals surface area contributed by atoms with E-state index >= 15 is 0 Å². The van der Waals surface area contributed by atoms with E-state index in [1.165, 1.54) is 30.7 Å². The number of nitrogens with one attached hydrogen (secondary N) is 4. The van der Waals surface area contributed by atoms with Crippen LogP contribution in [0.1, 0.15) is 70.9 Å². The molecule has 406 valence electrons. The van der Waals surface area contributed by atoms with Crippen LogP contribution in [0.15, 0.2) is 60.7 Å². The fraction of sp³-hybridized carbons (Fsp3) is 0.577. The van der Waals surface area contributed by atoms with E-state index in [4.69, 9.17) is 9.47 Å². The first-order valence-electron chi connectivity index (χ1n) is 24.7. The molecule has 0 aromatic heterocycles. The first-order chi connectivity index (χ1) is 35.1. The van der Waals surface area contributed by atoms with Gasteiger partial charge in [0.1, 0.15) is 30.9 Å². The topological polar surface area (TPSA) is 182 Å². The predicted octanol–water partition coefficient (Wildman–Crippen LogP) is 3.59. The molecule has 0 spiro atoms. The summed E-state index contributed by atoms with van der Waals surface area (Å²) in [5, 5.41) is 10.9. The van der Waals surface area contributed by atoms with Crippen molar-refractivity contribution in [2.24, 2.45) is 0 Å². The number of halogens is 6. The summed E-state index contributed by atoms with van der Waals surface area (Å²) >= 11 is 0. The minimum atomic E-state index is -5.15. The Bertz CT molecular complexity index is 2310. The van der Waals surface area contributed by atoms with Gasteiger partial charge in [-0.25, -0.2) is 0 Å². The molecule has 2 saturated heterocycles. The van der Waals surface area contributed by atoms with Crippen LogP contribution in [0.5, 0.6) is 0 Å². The van der Waals surface area contributed by atoms with Gasteiger partial charge in [0.05, 0.1) is 18.2 Å². The standard InChI is InChI=1S/C52H68F6N8O8/c1-35(59-5)45(67)61-43(47(69)65-28-17-24-41(65)33-63(49(71)51(53,54)55)27-16-23-39-19-10-7-11-20-39)37(3)73-31-14-9-15-32-74-38(4)44(62-46(68)36(2)60-6)48(70)66-29-18-25-42(66)34-64(50(72)52(56,57)58)30-26-40-21-12-8-13-22-40/h7-8,10-13,19-22,35-38,41-44,59-60H,16-18,23-30,32-34H2,1-6H3,(H,61,67)(H,62,68)/t35-,36-,37+,38+,41-,42-,43-,44-/m0/s1. The molecule has 74 heavy (non-hydrogen) atoms. The van der Waals surface area contributed by atoms with Gasteiger partial charge in [0.15, 0.2) is 0 Å². The summed E-state index contributed by atoms with van der Waals surface area (Å²) in [5.41, 5.74) is 1.62. The van der Waals surface area contributed by atoms with Gasteiger partial charge in [-0.3, -0.25) is 28.8 Å². The Labute approximate surface area is 429 Å². The molecule has 0 radical (unpaired) electrons. The van der Waals surface area contributed by atoms with Crippen molar-refractivity contribution < 1.29 is 64.6 Å². The molecule has 0 unspecified atom stereocenters. The third kappa shape index (κ3) is 18.2. The maximum absolute atomic E-state index is 14.2.